The van der Waals surface area contributed by atoms with E-state index in [1.165, 1.54) is 13.4 Å². The van der Waals surface area contributed by atoms with Gasteiger partial charge in [-0.25, -0.2) is 14.8 Å². The number of amides is 1. The van der Waals surface area contributed by atoms with Gasteiger partial charge >= 0.3 is 6.09 Å². The standard InChI is InChI=1S/C24H24N6O4/c1-15-13-33-9-8-30(15)24(31)34-21-10-17-19(11-20(21)32-3)26-14-27-23(17)18-12-29(2)28-22(18)16-4-6-25-7-5-16/h4-7,10-12,14-15H,8-9,13H2,1-3H3/t15-/m0/s1. The molecule has 0 aliphatic carbocycles. The highest BCUT2D eigenvalue weighted by Gasteiger charge is 2.27. The number of hydrogen-bond acceptors (Lipinski definition) is 8. The summed E-state index contributed by atoms with van der Waals surface area (Å²) in [5.41, 5.74) is 3.83. The molecule has 0 saturated carbocycles. The Morgan fingerprint density at radius 3 is 2.74 bits per heavy atom. The molecule has 174 valence electrons. The van der Waals surface area contributed by atoms with Crippen LogP contribution in [0.5, 0.6) is 11.5 Å². The van der Waals surface area contributed by atoms with Gasteiger partial charge in [-0.15, -0.1) is 0 Å². The third kappa shape index (κ3) is 4.03. The molecule has 4 aromatic rings. The summed E-state index contributed by atoms with van der Waals surface area (Å²) in [6.45, 7) is 3.34. The first-order valence-electron chi connectivity index (χ1n) is 10.9. The zero-order valence-electron chi connectivity index (χ0n) is 19.1. The van der Waals surface area contributed by atoms with Crippen molar-refractivity contribution in [3.8, 4) is 34.0 Å². The van der Waals surface area contributed by atoms with Crippen molar-refractivity contribution >= 4 is 17.0 Å². The molecular weight excluding hydrogens is 436 g/mol. The van der Waals surface area contributed by atoms with Crippen molar-refractivity contribution in [2.75, 3.05) is 26.9 Å². The van der Waals surface area contributed by atoms with Crippen LogP contribution in [0.4, 0.5) is 4.79 Å². The third-order valence-electron chi connectivity index (χ3n) is 5.76. The summed E-state index contributed by atoms with van der Waals surface area (Å²) in [4.78, 5) is 27.6. The van der Waals surface area contributed by atoms with Gasteiger partial charge < -0.3 is 19.1 Å². The first kappa shape index (κ1) is 21.8. The molecule has 0 radical (unpaired) electrons. The number of carbonyl (C=O) groups excluding carboxylic acids is 1. The lowest BCUT2D eigenvalue weighted by molar-refractivity contribution is 0.00834. The molecule has 1 amide bonds. The number of morpholine rings is 1. The van der Waals surface area contributed by atoms with Gasteiger partial charge in [-0.1, -0.05) is 0 Å². The van der Waals surface area contributed by atoms with Crippen molar-refractivity contribution in [3.05, 3.63) is 49.2 Å². The molecule has 0 unspecified atom stereocenters. The number of benzene rings is 1. The van der Waals surface area contributed by atoms with Crippen LogP contribution in [0.25, 0.3) is 33.4 Å². The van der Waals surface area contributed by atoms with Crippen LogP contribution >= 0.6 is 0 Å². The van der Waals surface area contributed by atoms with Gasteiger partial charge in [0.25, 0.3) is 0 Å². The van der Waals surface area contributed by atoms with E-state index in [1.54, 1.807) is 34.1 Å². The van der Waals surface area contributed by atoms with Crippen LogP contribution in [0.3, 0.4) is 0 Å². The van der Waals surface area contributed by atoms with Crippen LogP contribution in [0.2, 0.25) is 0 Å². The van der Waals surface area contributed by atoms with Crippen LogP contribution in [-0.2, 0) is 11.8 Å². The number of methoxy groups -OCH3 is 1. The number of hydrogen-bond donors (Lipinski definition) is 0. The van der Waals surface area contributed by atoms with E-state index in [0.717, 1.165) is 16.8 Å². The molecule has 3 aromatic heterocycles. The molecule has 1 saturated heterocycles. The highest BCUT2D eigenvalue weighted by Crippen LogP contribution is 2.38. The number of aromatic nitrogens is 5. The molecule has 1 aliphatic heterocycles. The fourth-order valence-electron chi connectivity index (χ4n) is 4.05. The largest absolute Gasteiger partial charge is 0.493 e. The van der Waals surface area contributed by atoms with Gasteiger partial charge in [0.1, 0.15) is 12.0 Å². The number of fused-ring (bicyclic) bond motifs is 1. The molecular formula is C24H24N6O4. The normalized spacial score (nSPS) is 16.0. The lowest BCUT2D eigenvalue weighted by Crippen LogP contribution is -2.48. The smallest absolute Gasteiger partial charge is 0.415 e. The molecule has 5 rings (SSSR count). The molecule has 0 bridgehead atoms. The summed E-state index contributed by atoms with van der Waals surface area (Å²) in [6, 6.07) is 7.21. The van der Waals surface area contributed by atoms with Crippen LogP contribution in [0, 0.1) is 0 Å². The van der Waals surface area contributed by atoms with Crippen LogP contribution in [0.1, 0.15) is 6.92 Å². The van der Waals surface area contributed by atoms with E-state index < -0.39 is 6.09 Å². The third-order valence-corrected chi connectivity index (χ3v) is 5.76. The number of rotatable bonds is 4. The molecule has 10 nitrogen and oxygen atoms in total. The van der Waals surface area contributed by atoms with E-state index in [2.05, 4.69) is 20.1 Å². The average Bonchev–Trinajstić information content (AvgIpc) is 3.25. The maximum absolute atomic E-state index is 12.9. The summed E-state index contributed by atoms with van der Waals surface area (Å²) in [6.07, 6.45) is 6.40. The summed E-state index contributed by atoms with van der Waals surface area (Å²) >= 11 is 0. The predicted molar refractivity (Wildman–Crippen MR) is 125 cm³/mol. The Morgan fingerprint density at radius 1 is 1.15 bits per heavy atom. The second-order valence-corrected chi connectivity index (χ2v) is 8.03. The average molecular weight is 460 g/mol. The number of nitrogens with zero attached hydrogens (tertiary/aromatic N) is 6. The summed E-state index contributed by atoms with van der Waals surface area (Å²) in [7, 11) is 3.39. The van der Waals surface area contributed by atoms with E-state index >= 15 is 0 Å². The van der Waals surface area contributed by atoms with E-state index in [9.17, 15) is 4.79 Å². The van der Waals surface area contributed by atoms with Gasteiger partial charge in [0.15, 0.2) is 11.5 Å². The van der Waals surface area contributed by atoms with Crippen molar-refractivity contribution in [1.82, 2.24) is 29.6 Å². The summed E-state index contributed by atoms with van der Waals surface area (Å²) in [5, 5.41) is 5.35. The predicted octanol–water partition coefficient (Wildman–Crippen LogP) is 3.32. The van der Waals surface area contributed by atoms with E-state index in [4.69, 9.17) is 14.2 Å². The molecule has 1 fully saturated rings. The highest BCUT2D eigenvalue weighted by molar-refractivity contribution is 5.97. The molecule has 4 heterocycles. The minimum absolute atomic E-state index is 0.0788. The van der Waals surface area contributed by atoms with Crippen molar-refractivity contribution in [1.29, 1.82) is 0 Å². The van der Waals surface area contributed by atoms with Crippen molar-refractivity contribution in [2.24, 2.45) is 7.05 Å². The minimum atomic E-state index is -0.453. The SMILES string of the molecule is COc1cc2ncnc(-c3cn(C)nc3-c3ccncc3)c2cc1OC(=O)N1CCOC[C@@H]1C. The molecule has 0 spiro atoms. The molecule has 0 N–H and O–H groups in total. The monoisotopic (exact) mass is 460 g/mol. The van der Waals surface area contributed by atoms with Gasteiger partial charge in [-0.2, -0.15) is 5.10 Å². The maximum atomic E-state index is 12.9. The van der Waals surface area contributed by atoms with Gasteiger partial charge in [0.05, 0.1) is 37.6 Å². The van der Waals surface area contributed by atoms with Crippen LogP contribution in [-0.4, -0.2) is 68.6 Å². The maximum Gasteiger partial charge on any atom is 0.415 e. The zero-order valence-corrected chi connectivity index (χ0v) is 19.1. The number of ether oxygens (including phenoxy) is 3. The fourth-order valence-corrected chi connectivity index (χ4v) is 4.05. The summed E-state index contributed by atoms with van der Waals surface area (Å²) < 4.78 is 18.5. The van der Waals surface area contributed by atoms with Crippen LogP contribution < -0.4 is 9.47 Å². The lowest BCUT2D eigenvalue weighted by atomic mass is 10.0. The van der Waals surface area contributed by atoms with Gasteiger partial charge in [-0.05, 0) is 25.1 Å². The highest BCUT2D eigenvalue weighted by atomic mass is 16.6. The Morgan fingerprint density at radius 2 is 1.97 bits per heavy atom. The molecule has 1 aliphatic rings. The number of carbonyl (C=O) groups is 1. The van der Waals surface area contributed by atoms with Gasteiger partial charge in [-0.3, -0.25) is 9.67 Å². The van der Waals surface area contributed by atoms with E-state index in [1.807, 2.05) is 32.3 Å². The number of pyridine rings is 1. The quantitative estimate of drug-likeness (QED) is 0.457. The first-order chi connectivity index (χ1) is 16.5. The Hall–Kier alpha value is -4.05. The number of aryl methyl sites for hydroxylation is 1. The second kappa shape index (κ2) is 9.06. The van der Waals surface area contributed by atoms with E-state index in [-0.39, 0.29) is 6.04 Å². The Balaban J connectivity index is 1.60. The Labute approximate surface area is 196 Å². The lowest BCUT2D eigenvalue weighted by Gasteiger charge is -2.32. The molecule has 1 aromatic carbocycles. The Kier molecular flexibility index (Phi) is 5.81. The summed E-state index contributed by atoms with van der Waals surface area (Å²) in [5.74, 6) is 0.705. The zero-order chi connectivity index (χ0) is 23.7. The Bertz CT molecular complexity index is 1340. The van der Waals surface area contributed by atoms with Gasteiger partial charge in [0.2, 0.25) is 0 Å². The van der Waals surface area contributed by atoms with E-state index in [0.29, 0.717) is 47.9 Å². The van der Waals surface area contributed by atoms with Crippen molar-refractivity contribution < 1.29 is 19.0 Å². The molecule has 1 atom stereocenters. The first-order valence-corrected chi connectivity index (χ1v) is 10.9. The van der Waals surface area contributed by atoms with Crippen LogP contribution in [0.15, 0.2) is 49.2 Å². The van der Waals surface area contributed by atoms with Crippen molar-refractivity contribution in [2.45, 2.75) is 13.0 Å². The molecule has 34 heavy (non-hydrogen) atoms. The topological polar surface area (TPSA) is 104 Å². The van der Waals surface area contributed by atoms with Gasteiger partial charge in [0, 0.05) is 54.8 Å². The molecule has 10 heteroatoms. The second-order valence-electron chi connectivity index (χ2n) is 8.03. The fraction of sp³-hybridized carbons (Fsp3) is 0.292. The van der Waals surface area contributed by atoms with Crippen molar-refractivity contribution in [3.63, 3.8) is 0 Å². The minimum Gasteiger partial charge on any atom is -0.493 e.